The van der Waals surface area contributed by atoms with Gasteiger partial charge in [-0.2, -0.15) is 0 Å². The predicted molar refractivity (Wildman–Crippen MR) is 54.9 cm³/mol. The molecule has 3 heteroatoms. The van der Waals surface area contributed by atoms with Crippen LogP contribution in [0, 0.1) is 11.8 Å². The highest BCUT2D eigenvalue weighted by atomic mass is 16.4. The number of rotatable bonds is 5. The molecule has 0 aromatic heterocycles. The van der Waals surface area contributed by atoms with Gasteiger partial charge in [-0.1, -0.05) is 19.1 Å². The van der Waals surface area contributed by atoms with Crippen molar-refractivity contribution in [2.24, 2.45) is 11.8 Å². The Hall–Kier alpha value is -1.12. The van der Waals surface area contributed by atoms with E-state index in [4.69, 9.17) is 0 Å². The van der Waals surface area contributed by atoms with Crippen LogP contribution in [0.3, 0.4) is 0 Å². The minimum absolute atomic E-state index is 0.0102. The zero-order valence-corrected chi connectivity index (χ0v) is 9.07. The minimum Gasteiger partial charge on any atom is -0.550 e. The molecule has 0 aromatic rings. The lowest BCUT2D eigenvalue weighted by Gasteiger charge is -2.17. The summed E-state index contributed by atoms with van der Waals surface area (Å²) in [5.41, 5.74) is 0. The molecule has 0 radical (unpaired) electrons. The smallest absolute Gasteiger partial charge is 0.136 e. The molecule has 1 rings (SSSR count). The minimum atomic E-state index is -1.04. The van der Waals surface area contributed by atoms with Crippen molar-refractivity contribution in [3.63, 3.8) is 0 Å². The number of aliphatic carboxylic acids is 1. The largest absolute Gasteiger partial charge is 0.550 e. The average molecular weight is 209 g/mol. The Labute approximate surface area is 90.2 Å². The van der Waals surface area contributed by atoms with Crippen LogP contribution in [0.4, 0.5) is 0 Å². The fourth-order valence-electron chi connectivity index (χ4n) is 2.17. The van der Waals surface area contributed by atoms with Crippen LogP contribution in [0.2, 0.25) is 0 Å². The summed E-state index contributed by atoms with van der Waals surface area (Å²) in [5.74, 6) is -0.934. The van der Waals surface area contributed by atoms with Gasteiger partial charge >= 0.3 is 0 Å². The Bertz CT molecular complexity index is 268. The topological polar surface area (TPSA) is 57.2 Å². The first-order valence-electron chi connectivity index (χ1n) is 5.52. The van der Waals surface area contributed by atoms with Crippen molar-refractivity contribution >= 4 is 11.8 Å². The number of hydrogen-bond acceptors (Lipinski definition) is 3. The number of carbonyl (C=O) groups is 2. The molecule has 0 aromatic carbocycles. The van der Waals surface area contributed by atoms with Gasteiger partial charge in [-0.3, -0.25) is 4.79 Å². The second kappa shape index (κ2) is 5.69. The molecule has 1 aliphatic carbocycles. The Balaban J connectivity index is 2.52. The lowest BCUT2D eigenvalue weighted by Crippen LogP contribution is -2.27. The molecule has 84 valence electrons. The van der Waals surface area contributed by atoms with Crippen molar-refractivity contribution in [3.05, 3.63) is 12.2 Å². The van der Waals surface area contributed by atoms with Crippen molar-refractivity contribution in [1.82, 2.24) is 0 Å². The van der Waals surface area contributed by atoms with Gasteiger partial charge in [0.2, 0.25) is 0 Å². The maximum absolute atomic E-state index is 11.5. The fraction of sp³-hybridized carbons (Fsp3) is 0.667. The van der Waals surface area contributed by atoms with Gasteiger partial charge in [0, 0.05) is 18.3 Å². The normalized spacial score (nSPS) is 26.3. The van der Waals surface area contributed by atoms with E-state index in [-0.39, 0.29) is 24.0 Å². The Kier molecular flexibility index (Phi) is 4.53. The van der Waals surface area contributed by atoms with E-state index in [9.17, 15) is 14.7 Å². The third-order valence-corrected chi connectivity index (χ3v) is 2.97. The summed E-state index contributed by atoms with van der Waals surface area (Å²) in [6.45, 7) is 2.03. The van der Waals surface area contributed by atoms with Gasteiger partial charge in [0.05, 0.1) is 0 Å². The zero-order valence-electron chi connectivity index (χ0n) is 9.07. The van der Waals surface area contributed by atoms with Crippen molar-refractivity contribution in [1.29, 1.82) is 0 Å². The first kappa shape index (κ1) is 12.0. The summed E-state index contributed by atoms with van der Waals surface area (Å²) in [4.78, 5) is 22.0. The molecular formula is C12H17O3-. The van der Waals surface area contributed by atoms with Gasteiger partial charge in [-0.05, 0) is 31.6 Å². The van der Waals surface area contributed by atoms with Gasteiger partial charge in [0.1, 0.15) is 5.78 Å². The number of hydrogen-bond donors (Lipinski definition) is 0. The van der Waals surface area contributed by atoms with Crippen LogP contribution in [-0.2, 0) is 9.59 Å². The lowest BCUT2D eigenvalue weighted by molar-refractivity contribution is -0.307. The molecule has 1 aliphatic rings. The van der Waals surface area contributed by atoms with E-state index in [0.29, 0.717) is 19.3 Å². The Morgan fingerprint density at radius 2 is 2.27 bits per heavy atom. The summed E-state index contributed by atoms with van der Waals surface area (Å²) in [6, 6.07) is 0. The van der Waals surface area contributed by atoms with E-state index in [1.54, 1.807) is 0 Å². The second-order valence-corrected chi connectivity index (χ2v) is 4.06. The van der Waals surface area contributed by atoms with Gasteiger partial charge in [-0.15, -0.1) is 0 Å². The molecule has 2 unspecified atom stereocenters. The third kappa shape index (κ3) is 3.50. The summed E-state index contributed by atoms with van der Waals surface area (Å²) in [6.07, 6.45) is 6.89. The molecule has 1 fully saturated rings. The van der Waals surface area contributed by atoms with Crippen LogP contribution in [0.1, 0.15) is 39.0 Å². The third-order valence-electron chi connectivity index (χ3n) is 2.97. The molecule has 0 aliphatic heterocycles. The van der Waals surface area contributed by atoms with Crippen molar-refractivity contribution in [3.8, 4) is 0 Å². The fourth-order valence-corrected chi connectivity index (χ4v) is 2.17. The lowest BCUT2D eigenvalue weighted by atomic mass is 9.89. The first-order chi connectivity index (χ1) is 7.15. The maximum atomic E-state index is 11.5. The van der Waals surface area contributed by atoms with Crippen LogP contribution < -0.4 is 5.11 Å². The quantitative estimate of drug-likeness (QED) is 0.636. The molecule has 0 heterocycles. The Morgan fingerprint density at radius 3 is 2.87 bits per heavy atom. The van der Waals surface area contributed by atoms with Gasteiger partial charge in [0.25, 0.3) is 0 Å². The molecule has 0 amide bonds. The number of carboxylic acid groups (broad SMARTS) is 1. The second-order valence-electron chi connectivity index (χ2n) is 4.06. The molecule has 2 atom stereocenters. The number of carbonyl (C=O) groups excluding carboxylic acids is 2. The summed E-state index contributed by atoms with van der Waals surface area (Å²) < 4.78 is 0. The van der Waals surface area contributed by atoms with Crippen LogP contribution in [0.15, 0.2) is 12.2 Å². The molecule has 0 saturated heterocycles. The number of carboxylic acids is 1. The van der Waals surface area contributed by atoms with E-state index >= 15 is 0 Å². The molecule has 3 nitrogen and oxygen atoms in total. The molecule has 0 spiro atoms. The van der Waals surface area contributed by atoms with Crippen molar-refractivity contribution in [2.45, 2.75) is 39.0 Å². The summed E-state index contributed by atoms with van der Waals surface area (Å²) >= 11 is 0. The zero-order chi connectivity index (χ0) is 11.3. The number of allylic oxidation sites excluding steroid dienone is 2. The SMILES string of the molecule is CC/C=C\CC1C(=O)CCC1CC(=O)[O-]. The highest BCUT2D eigenvalue weighted by Crippen LogP contribution is 2.33. The van der Waals surface area contributed by atoms with Crippen LogP contribution in [0.25, 0.3) is 0 Å². The van der Waals surface area contributed by atoms with Crippen LogP contribution in [-0.4, -0.2) is 11.8 Å². The number of ketones is 1. The highest BCUT2D eigenvalue weighted by molar-refractivity contribution is 5.84. The van der Waals surface area contributed by atoms with Gasteiger partial charge in [0.15, 0.2) is 0 Å². The van der Waals surface area contributed by atoms with Gasteiger partial charge < -0.3 is 9.90 Å². The number of Topliss-reactive ketones (excluding diaryl/α,β-unsaturated/α-hetero) is 1. The molecule has 0 N–H and O–H groups in total. The van der Waals surface area contributed by atoms with Crippen LogP contribution in [0.5, 0.6) is 0 Å². The van der Waals surface area contributed by atoms with Gasteiger partial charge in [-0.25, -0.2) is 0 Å². The van der Waals surface area contributed by atoms with E-state index in [1.807, 2.05) is 19.1 Å². The van der Waals surface area contributed by atoms with E-state index in [0.717, 1.165) is 6.42 Å². The predicted octanol–water partition coefficient (Wildman–Crippen LogP) is 1.08. The van der Waals surface area contributed by atoms with Crippen molar-refractivity contribution < 1.29 is 14.7 Å². The average Bonchev–Trinajstić information content (AvgIpc) is 2.49. The summed E-state index contributed by atoms with van der Waals surface area (Å²) in [5, 5.41) is 10.5. The molecule has 0 bridgehead atoms. The monoisotopic (exact) mass is 209 g/mol. The highest BCUT2D eigenvalue weighted by Gasteiger charge is 2.33. The van der Waals surface area contributed by atoms with E-state index in [2.05, 4.69) is 0 Å². The first-order valence-corrected chi connectivity index (χ1v) is 5.52. The van der Waals surface area contributed by atoms with Crippen molar-refractivity contribution in [2.75, 3.05) is 0 Å². The molecule has 15 heavy (non-hydrogen) atoms. The Morgan fingerprint density at radius 1 is 1.53 bits per heavy atom. The van der Waals surface area contributed by atoms with Crippen LogP contribution >= 0.6 is 0 Å². The standard InChI is InChI=1S/C12H18O3/c1-2-3-4-5-10-9(8-12(14)15)6-7-11(10)13/h3-4,9-10H,2,5-8H2,1H3,(H,14,15)/p-1/b4-3-. The molecule has 1 saturated carbocycles. The van der Waals surface area contributed by atoms with E-state index in [1.165, 1.54) is 0 Å². The summed E-state index contributed by atoms with van der Waals surface area (Å²) in [7, 11) is 0. The molecular weight excluding hydrogens is 192 g/mol. The van der Waals surface area contributed by atoms with E-state index < -0.39 is 5.97 Å². The maximum Gasteiger partial charge on any atom is 0.136 e.